The molecule has 0 saturated carbocycles. The molecule has 2 amide bonds. The average Bonchev–Trinajstić information content (AvgIpc) is 2.94. The molecule has 1 fully saturated rings. The van der Waals surface area contributed by atoms with Crippen LogP contribution in [0.25, 0.3) is 0 Å². The second-order valence-electron chi connectivity index (χ2n) is 8.03. The fourth-order valence-electron chi connectivity index (χ4n) is 3.08. The number of hydrogen-bond donors (Lipinski definition) is 2. The Bertz CT molecular complexity index is 683. The molecule has 0 spiro atoms. The van der Waals surface area contributed by atoms with Crippen molar-refractivity contribution >= 4 is 23.6 Å². The largest absolute Gasteiger partial charge is 0.444 e. The second-order valence-corrected chi connectivity index (χ2v) is 8.39. The van der Waals surface area contributed by atoms with Crippen LogP contribution < -0.4 is 5.32 Å². The van der Waals surface area contributed by atoms with Crippen molar-refractivity contribution in [3.8, 4) is 0 Å². The van der Waals surface area contributed by atoms with Gasteiger partial charge in [-0.2, -0.15) is 0 Å². The van der Waals surface area contributed by atoms with E-state index in [2.05, 4.69) is 15.3 Å². The number of aromatic amines is 1. The Labute approximate surface area is 165 Å². The Morgan fingerprint density at radius 1 is 1.41 bits per heavy atom. The summed E-state index contributed by atoms with van der Waals surface area (Å²) in [4.78, 5) is 35.7. The van der Waals surface area contributed by atoms with Crippen LogP contribution in [0.15, 0.2) is 0 Å². The third kappa shape index (κ3) is 5.59. The van der Waals surface area contributed by atoms with Crippen molar-refractivity contribution in [1.82, 2.24) is 25.1 Å². The zero-order valence-corrected chi connectivity index (χ0v) is 17.7. The second kappa shape index (κ2) is 8.48. The molecule has 1 saturated heterocycles. The normalized spacial score (nSPS) is 20.7. The molecule has 0 radical (unpaired) electrons. The number of piperidine rings is 1. The van der Waals surface area contributed by atoms with E-state index < -0.39 is 5.60 Å². The van der Waals surface area contributed by atoms with E-state index in [1.807, 2.05) is 46.7 Å². The molecule has 27 heavy (non-hydrogen) atoms. The molecule has 2 atom stereocenters. The molecular weight excluding hydrogens is 370 g/mol. The highest BCUT2D eigenvalue weighted by Crippen LogP contribution is 2.19. The molecule has 0 aromatic carbocycles. The van der Waals surface area contributed by atoms with Gasteiger partial charge in [-0.25, -0.2) is 9.78 Å². The van der Waals surface area contributed by atoms with Crippen molar-refractivity contribution in [1.29, 1.82) is 0 Å². The lowest BCUT2D eigenvalue weighted by atomic mass is 9.98. The van der Waals surface area contributed by atoms with E-state index in [0.29, 0.717) is 31.1 Å². The molecule has 0 aliphatic carbocycles. The predicted molar refractivity (Wildman–Crippen MR) is 104 cm³/mol. The lowest BCUT2D eigenvalue weighted by molar-refractivity contribution is 0.00998. The molecule has 0 bridgehead atoms. The maximum atomic E-state index is 12.6. The van der Waals surface area contributed by atoms with Crippen LogP contribution in [0.5, 0.6) is 0 Å². The van der Waals surface area contributed by atoms with Gasteiger partial charge >= 0.3 is 6.09 Å². The van der Waals surface area contributed by atoms with Gasteiger partial charge in [-0.1, -0.05) is 18.5 Å². The number of H-pyrrole nitrogens is 1. The zero-order chi connectivity index (χ0) is 20.4. The molecule has 9 heteroatoms. The molecule has 2 N–H and O–H groups in total. The van der Waals surface area contributed by atoms with E-state index in [0.717, 1.165) is 5.69 Å². The number of nitrogens with zero attached hydrogens (tertiary/aromatic N) is 3. The summed E-state index contributed by atoms with van der Waals surface area (Å²) in [6, 6.07) is -0.147. The van der Waals surface area contributed by atoms with E-state index in [9.17, 15) is 9.59 Å². The number of carbonyl (C=O) groups is 2. The molecule has 1 aliphatic heterocycles. The Balaban J connectivity index is 2.05. The molecule has 1 aliphatic rings. The fourth-order valence-corrected chi connectivity index (χ4v) is 3.35. The van der Waals surface area contributed by atoms with Crippen LogP contribution in [0, 0.1) is 0 Å². The van der Waals surface area contributed by atoms with Crippen molar-refractivity contribution in [3.05, 3.63) is 16.7 Å². The van der Waals surface area contributed by atoms with Crippen LogP contribution in [-0.4, -0.2) is 76.6 Å². The monoisotopic (exact) mass is 399 g/mol. The molecule has 1 aromatic rings. The summed E-state index contributed by atoms with van der Waals surface area (Å²) in [5.41, 5.74) is 0.205. The fraction of sp³-hybridized carbons (Fsp3) is 0.722. The summed E-state index contributed by atoms with van der Waals surface area (Å²) in [5, 5.41) is 3.35. The van der Waals surface area contributed by atoms with E-state index >= 15 is 0 Å². The number of ether oxygens (including phenoxy) is 1. The van der Waals surface area contributed by atoms with Gasteiger partial charge in [-0.15, -0.1) is 0 Å². The zero-order valence-electron chi connectivity index (χ0n) is 16.9. The van der Waals surface area contributed by atoms with Crippen molar-refractivity contribution in [2.75, 3.05) is 27.2 Å². The number of halogens is 1. The summed E-state index contributed by atoms with van der Waals surface area (Å²) in [6.07, 6.45) is 0.973. The van der Waals surface area contributed by atoms with Gasteiger partial charge in [0.2, 0.25) is 0 Å². The molecular formula is C18H30ClN5O3. The number of carbonyl (C=O) groups excluding carboxylic acids is 2. The van der Waals surface area contributed by atoms with E-state index in [1.54, 1.807) is 4.90 Å². The molecule has 2 rings (SSSR count). The lowest BCUT2D eigenvalue weighted by Crippen LogP contribution is -2.60. The molecule has 0 unspecified atom stereocenters. The summed E-state index contributed by atoms with van der Waals surface area (Å²) < 4.78 is 5.47. The van der Waals surface area contributed by atoms with Crippen LogP contribution in [0.1, 0.15) is 50.4 Å². The SMILES string of the molecule is CCc1[nH]c(C(=O)N[C@@H]2CCN(C(=O)OC(C)(C)C)C[C@@H]2N(C)C)nc1Cl. The van der Waals surface area contributed by atoms with Crippen LogP contribution in [0.2, 0.25) is 5.15 Å². The summed E-state index contributed by atoms with van der Waals surface area (Å²) >= 11 is 6.03. The topological polar surface area (TPSA) is 90.6 Å². The highest BCUT2D eigenvalue weighted by Gasteiger charge is 2.35. The van der Waals surface area contributed by atoms with Gasteiger partial charge in [0, 0.05) is 25.2 Å². The molecule has 152 valence electrons. The maximum absolute atomic E-state index is 12.6. The van der Waals surface area contributed by atoms with Crippen molar-refractivity contribution in [2.24, 2.45) is 0 Å². The number of hydrogen-bond acceptors (Lipinski definition) is 5. The first kappa shape index (κ1) is 21.5. The first-order valence-corrected chi connectivity index (χ1v) is 9.59. The Hall–Kier alpha value is -1.80. The van der Waals surface area contributed by atoms with Gasteiger partial charge in [0.1, 0.15) is 5.60 Å². The summed E-state index contributed by atoms with van der Waals surface area (Å²) in [5.74, 6) is -0.0805. The quantitative estimate of drug-likeness (QED) is 0.810. The maximum Gasteiger partial charge on any atom is 0.410 e. The van der Waals surface area contributed by atoms with Gasteiger partial charge in [0.25, 0.3) is 5.91 Å². The van der Waals surface area contributed by atoms with E-state index in [1.165, 1.54) is 0 Å². The van der Waals surface area contributed by atoms with E-state index in [4.69, 9.17) is 16.3 Å². The number of amides is 2. The first-order valence-electron chi connectivity index (χ1n) is 9.21. The number of nitrogens with one attached hydrogen (secondary N) is 2. The Kier molecular flexibility index (Phi) is 6.75. The third-order valence-electron chi connectivity index (χ3n) is 4.51. The molecule has 2 heterocycles. The number of rotatable bonds is 4. The van der Waals surface area contributed by atoms with Crippen LogP contribution >= 0.6 is 11.6 Å². The lowest BCUT2D eigenvalue weighted by Gasteiger charge is -2.42. The van der Waals surface area contributed by atoms with Gasteiger partial charge in [-0.05, 0) is 47.7 Å². The van der Waals surface area contributed by atoms with E-state index in [-0.39, 0.29) is 29.9 Å². The molecule has 1 aromatic heterocycles. The third-order valence-corrected chi connectivity index (χ3v) is 4.82. The highest BCUT2D eigenvalue weighted by molar-refractivity contribution is 6.30. The minimum Gasteiger partial charge on any atom is -0.444 e. The van der Waals surface area contributed by atoms with Crippen LogP contribution in [0.3, 0.4) is 0 Å². The minimum absolute atomic E-state index is 0.0358. The van der Waals surface area contributed by atoms with Crippen LogP contribution in [0.4, 0.5) is 4.79 Å². The average molecular weight is 400 g/mol. The number of imidazole rings is 1. The summed E-state index contributed by atoms with van der Waals surface area (Å²) in [6.45, 7) is 8.48. The van der Waals surface area contributed by atoms with Crippen molar-refractivity contribution in [3.63, 3.8) is 0 Å². The van der Waals surface area contributed by atoms with Gasteiger partial charge in [-0.3, -0.25) is 4.79 Å². The summed E-state index contributed by atoms with van der Waals surface area (Å²) in [7, 11) is 3.86. The minimum atomic E-state index is -0.536. The van der Waals surface area contributed by atoms with Crippen LogP contribution in [-0.2, 0) is 11.2 Å². The first-order chi connectivity index (χ1) is 12.5. The predicted octanol–water partition coefficient (Wildman–Crippen LogP) is 2.29. The van der Waals surface area contributed by atoms with Crippen molar-refractivity contribution in [2.45, 2.75) is 58.2 Å². The Morgan fingerprint density at radius 3 is 2.59 bits per heavy atom. The number of aryl methyl sites for hydroxylation is 1. The van der Waals surface area contributed by atoms with Gasteiger partial charge in [0.05, 0.1) is 5.69 Å². The number of likely N-dealkylation sites (tertiary alicyclic amines) is 1. The van der Waals surface area contributed by atoms with Gasteiger partial charge in [0.15, 0.2) is 11.0 Å². The molecule has 8 nitrogen and oxygen atoms in total. The Morgan fingerprint density at radius 2 is 2.07 bits per heavy atom. The smallest absolute Gasteiger partial charge is 0.410 e. The van der Waals surface area contributed by atoms with Gasteiger partial charge < -0.3 is 24.8 Å². The standard InChI is InChI=1S/C18H30ClN5O3/c1-7-11-14(19)22-15(20-11)16(25)21-12-8-9-24(10-13(12)23(5)6)17(26)27-18(2,3)4/h12-13H,7-10H2,1-6H3,(H,20,22)(H,21,25)/t12-,13+/m1/s1. The highest BCUT2D eigenvalue weighted by atomic mass is 35.5. The van der Waals surface area contributed by atoms with Crippen molar-refractivity contribution < 1.29 is 14.3 Å². The number of aromatic nitrogens is 2. The number of likely N-dealkylation sites (N-methyl/N-ethyl adjacent to an activating group) is 1.